The van der Waals surface area contributed by atoms with Gasteiger partial charge in [-0.05, 0) is 0 Å². The summed E-state index contributed by atoms with van der Waals surface area (Å²) in [5.74, 6) is 0.633. The summed E-state index contributed by atoms with van der Waals surface area (Å²) in [6, 6.07) is 0. The molecule has 0 aromatic rings. The SMILES string of the molecule is COC(=O)C1(OC)C=C(OC)C=C(OC)C1. The van der Waals surface area contributed by atoms with E-state index in [0.717, 1.165) is 0 Å². The molecule has 0 aromatic heterocycles. The molecule has 5 nitrogen and oxygen atoms in total. The van der Waals surface area contributed by atoms with Gasteiger partial charge in [-0.1, -0.05) is 0 Å². The monoisotopic (exact) mass is 228 g/mol. The van der Waals surface area contributed by atoms with Gasteiger partial charge in [-0.2, -0.15) is 0 Å². The number of hydrogen-bond acceptors (Lipinski definition) is 5. The Hall–Kier alpha value is -1.49. The summed E-state index contributed by atoms with van der Waals surface area (Å²) in [7, 11) is 5.80. The first-order chi connectivity index (χ1) is 7.61. The number of methoxy groups -OCH3 is 4. The van der Waals surface area contributed by atoms with Gasteiger partial charge in [0.15, 0.2) is 5.60 Å². The van der Waals surface area contributed by atoms with E-state index in [4.69, 9.17) is 18.9 Å². The maximum absolute atomic E-state index is 11.7. The molecular formula is C11H16O5. The summed E-state index contributed by atoms with van der Waals surface area (Å²) in [5.41, 5.74) is -1.17. The zero-order chi connectivity index (χ0) is 12.2. The van der Waals surface area contributed by atoms with Gasteiger partial charge in [0.2, 0.25) is 0 Å². The molecule has 0 saturated heterocycles. The van der Waals surface area contributed by atoms with Gasteiger partial charge < -0.3 is 18.9 Å². The van der Waals surface area contributed by atoms with Crippen molar-refractivity contribution in [2.75, 3.05) is 28.4 Å². The molecule has 0 N–H and O–H groups in total. The molecule has 0 radical (unpaired) electrons. The normalized spacial score (nSPS) is 24.2. The van der Waals surface area contributed by atoms with Crippen molar-refractivity contribution in [2.24, 2.45) is 0 Å². The Balaban J connectivity index is 3.09. The van der Waals surface area contributed by atoms with Crippen LogP contribution in [0.4, 0.5) is 0 Å². The van der Waals surface area contributed by atoms with E-state index < -0.39 is 11.6 Å². The summed E-state index contributed by atoms with van der Waals surface area (Å²) >= 11 is 0. The van der Waals surface area contributed by atoms with E-state index >= 15 is 0 Å². The van der Waals surface area contributed by atoms with Crippen LogP contribution in [0, 0.1) is 0 Å². The highest BCUT2D eigenvalue weighted by atomic mass is 16.6. The van der Waals surface area contributed by atoms with Crippen molar-refractivity contribution >= 4 is 5.97 Å². The van der Waals surface area contributed by atoms with Crippen LogP contribution >= 0.6 is 0 Å². The fourth-order valence-corrected chi connectivity index (χ4v) is 1.56. The lowest BCUT2D eigenvalue weighted by Gasteiger charge is -2.30. The molecule has 0 fully saturated rings. The van der Waals surface area contributed by atoms with Crippen molar-refractivity contribution in [1.82, 2.24) is 0 Å². The molecule has 0 spiro atoms. The Bertz CT molecular complexity index is 331. The van der Waals surface area contributed by atoms with E-state index in [1.165, 1.54) is 28.4 Å². The van der Waals surface area contributed by atoms with Crippen LogP contribution in [0.5, 0.6) is 0 Å². The van der Waals surface area contributed by atoms with Gasteiger partial charge in [0, 0.05) is 25.7 Å². The van der Waals surface area contributed by atoms with E-state index in [2.05, 4.69) is 0 Å². The summed E-state index contributed by atoms with van der Waals surface area (Å²) < 4.78 is 20.2. The third kappa shape index (κ3) is 2.19. The van der Waals surface area contributed by atoms with Crippen LogP contribution in [0.25, 0.3) is 0 Å². The Morgan fingerprint density at radius 3 is 2.38 bits per heavy atom. The zero-order valence-electron chi connectivity index (χ0n) is 9.90. The highest BCUT2D eigenvalue weighted by Gasteiger charge is 2.42. The standard InChI is InChI=1S/C11H16O5/c1-13-8-5-9(14-2)7-11(6-8,16-4)10(12)15-3/h5-6H,7H2,1-4H3. The average molecular weight is 228 g/mol. The first-order valence-corrected chi connectivity index (χ1v) is 4.77. The first kappa shape index (κ1) is 12.6. The fraction of sp³-hybridized carbons (Fsp3) is 0.545. The van der Waals surface area contributed by atoms with Crippen LogP contribution in [-0.2, 0) is 23.7 Å². The smallest absolute Gasteiger partial charge is 0.342 e. The molecule has 0 heterocycles. The largest absolute Gasteiger partial charge is 0.501 e. The minimum atomic E-state index is -1.17. The molecule has 0 aromatic carbocycles. The molecule has 90 valence electrons. The lowest BCUT2D eigenvalue weighted by Crippen LogP contribution is -2.42. The molecule has 16 heavy (non-hydrogen) atoms. The van der Waals surface area contributed by atoms with Gasteiger partial charge >= 0.3 is 5.97 Å². The molecule has 1 atom stereocenters. The van der Waals surface area contributed by atoms with Crippen LogP contribution in [0.1, 0.15) is 6.42 Å². The van der Waals surface area contributed by atoms with Crippen LogP contribution in [0.15, 0.2) is 23.7 Å². The van der Waals surface area contributed by atoms with Gasteiger partial charge in [-0.15, -0.1) is 0 Å². The molecule has 1 aliphatic rings. The van der Waals surface area contributed by atoms with Gasteiger partial charge in [-0.25, -0.2) is 4.79 Å². The second-order valence-corrected chi connectivity index (χ2v) is 3.33. The predicted octanol–water partition coefficient (Wildman–Crippen LogP) is 1.01. The van der Waals surface area contributed by atoms with Crippen molar-refractivity contribution in [3.05, 3.63) is 23.7 Å². The summed E-state index contributed by atoms with van der Waals surface area (Å²) in [4.78, 5) is 11.7. The zero-order valence-corrected chi connectivity index (χ0v) is 9.90. The van der Waals surface area contributed by atoms with E-state index in [-0.39, 0.29) is 0 Å². The number of carbonyl (C=O) groups excluding carboxylic acids is 1. The lowest BCUT2D eigenvalue weighted by molar-refractivity contribution is -0.161. The van der Waals surface area contributed by atoms with Gasteiger partial charge in [0.1, 0.15) is 11.5 Å². The quantitative estimate of drug-likeness (QED) is 0.672. The maximum Gasteiger partial charge on any atom is 0.342 e. The van der Waals surface area contributed by atoms with E-state index in [1.807, 2.05) is 0 Å². The lowest BCUT2D eigenvalue weighted by atomic mass is 9.93. The topological polar surface area (TPSA) is 54.0 Å². The van der Waals surface area contributed by atoms with Gasteiger partial charge in [0.25, 0.3) is 0 Å². The molecule has 5 heteroatoms. The van der Waals surface area contributed by atoms with Crippen molar-refractivity contribution in [3.63, 3.8) is 0 Å². The number of esters is 1. The Morgan fingerprint density at radius 1 is 1.25 bits per heavy atom. The number of carbonyl (C=O) groups is 1. The highest BCUT2D eigenvalue weighted by Crippen LogP contribution is 2.31. The second kappa shape index (κ2) is 5.03. The molecule has 1 unspecified atom stereocenters. The molecule has 1 aliphatic carbocycles. The second-order valence-electron chi connectivity index (χ2n) is 3.33. The highest BCUT2D eigenvalue weighted by molar-refractivity contribution is 5.83. The third-order valence-corrected chi connectivity index (χ3v) is 2.51. The fourth-order valence-electron chi connectivity index (χ4n) is 1.56. The summed E-state index contributed by atoms with van der Waals surface area (Å²) in [6.07, 6.45) is 3.58. The van der Waals surface area contributed by atoms with Gasteiger partial charge in [0.05, 0.1) is 21.3 Å². The molecular weight excluding hydrogens is 212 g/mol. The molecule has 0 amide bonds. The molecule has 0 bridgehead atoms. The number of hydrogen-bond donors (Lipinski definition) is 0. The van der Waals surface area contributed by atoms with Crippen molar-refractivity contribution < 1.29 is 23.7 Å². The maximum atomic E-state index is 11.7. The predicted molar refractivity (Wildman–Crippen MR) is 56.6 cm³/mol. The van der Waals surface area contributed by atoms with Crippen LogP contribution in [-0.4, -0.2) is 40.0 Å². The Kier molecular flexibility index (Phi) is 3.95. The van der Waals surface area contributed by atoms with Crippen LogP contribution in [0.2, 0.25) is 0 Å². The van der Waals surface area contributed by atoms with E-state index in [1.54, 1.807) is 12.2 Å². The van der Waals surface area contributed by atoms with Crippen molar-refractivity contribution in [3.8, 4) is 0 Å². The van der Waals surface area contributed by atoms with E-state index in [9.17, 15) is 4.79 Å². The minimum Gasteiger partial charge on any atom is -0.501 e. The first-order valence-electron chi connectivity index (χ1n) is 4.77. The third-order valence-electron chi connectivity index (χ3n) is 2.51. The van der Waals surface area contributed by atoms with Crippen molar-refractivity contribution in [1.29, 1.82) is 0 Å². The number of allylic oxidation sites excluding steroid dienone is 1. The van der Waals surface area contributed by atoms with E-state index in [0.29, 0.717) is 17.9 Å². The minimum absolute atomic E-state index is 0.291. The molecule has 0 saturated carbocycles. The molecule has 1 rings (SSSR count). The Labute approximate surface area is 94.6 Å². The van der Waals surface area contributed by atoms with Crippen LogP contribution < -0.4 is 0 Å². The Morgan fingerprint density at radius 2 is 1.94 bits per heavy atom. The van der Waals surface area contributed by atoms with Crippen molar-refractivity contribution in [2.45, 2.75) is 12.0 Å². The molecule has 0 aliphatic heterocycles. The summed E-state index contributed by atoms with van der Waals surface area (Å²) in [6.45, 7) is 0. The van der Waals surface area contributed by atoms with Crippen LogP contribution in [0.3, 0.4) is 0 Å². The van der Waals surface area contributed by atoms with Gasteiger partial charge in [-0.3, -0.25) is 0 Å². The average Bonchev–Trinajstić information content (AvgIpc) is 2.36. The summed E-state index contributed by atoms with van der Waals surface area (Å²) in [5, 5.41) is 0. The number of ether oxygens (including phenoxy) is 4. The number of rotatable bonds is 4.